The Morgan fingerprint density at radius 1 is 1.33 bits per heavy atom. The molecule has 1 N–H and O–H groups in total. The van der Waals surface area contributed by atoms with Crippen LogP contribution < -0.4 is 5.32 Å². The first-order chi connectivity index (χ1) is 10.3. The van der Waals surface area contributed by atoms with E-state index in [9.17, 15) is 5.26 Å². The average Bonchev–Trinajstić information content (AvgIpc) is 2.57. The van der Waals surface area contributed by atoms with Crippen LogP contribution in [0.1, 0.15) is 31.7 Å². The number of ether oxygens (including phenoxy) is 2. The van der Waals surface area contributed by atoms with Gasteiger partial charge in [0.25, 0.3) is 0 Å². The van der Waals surface area contributed by atoms with E-state index in [-0.39, 0.29) is 6.10 Å². The van der Waals surface area contributed by atoms with Crippen molar-refractivity contribution in [2.45, 2.75) is 37.8 Å². The van der Waals surface area contributed by atoms with Gasteiger partial charge >= 0.3 is 0 Å². The maximum atomic E-state index is 9.77. The third kappa shape index (κ3) is 4.28. The van der Waals surface area contributed by atoms with Crippen molar-refractivity contribution in [3.8, 4) is 6.07 Å². The quantitative estimate of drug-likeness (QED) is 0.838. The van der Waals surface area contributed by atoms with E-state index in [1.807, 2.05) is 30.3 Å². The van der Waals surface area contributed by atoms with Crippen molar-refractivity contribution < 1.29 is 9.47 Å². The molecule has 1 unspecified atom stereocenters. The highest BCUT2D eigenvalue weighted by Crippen LogP contribution is 2.23. The van der Waals surface area contributed by atoms with Crippen LogP contribution in [0.4, 0.5) is 0 Å². The summed E-state index contributed by atoms with van der Waals surface area (Å²) in [6, 6.07) is 12.3. The van der Waals surface area contributed by atoms with Crippen LogP contribution in [0.15, 0.2) is 30.3 Å². The lowest BCUT2D eigenvalue weighted by atomic mass is 9.92. The topological polar surface area (TPSA) is 54.3 Å². The zero-order valence-electron chi connectivity index (χ0n) is 12.7. The lowest BCUT2D eigenvalue weighted by Crippen LogP contribution is -2.46. The highest BCUT2D eigenvalue weighted by Gasteiger charge is 2.33. The third-order valence-corrected chi connectivity index (χ3v) is 3.84. The van der Waals surface area contributed by atoms with E-state index in [0.717, 1.165) is 44.6 Å². The Hall–Kier alpha value is -1.41. The van der Waals surface area contributed by atoms with E-state index < -0.39 is 5.54 Å². The van der Waals surface area contributed by atoms with Crippen LogP contribution in [-0.2, 0) is 15.0 Å². The van der Waals surface area contributed by atoms with Crippen molar-refractivity contribution in [1.82, 2.24) is 5.32 Å². The molecule has 0 spiro atoms. The molecule has 0 radical (unpaired) electrons. The minimum Gasteiger partial charge on any atom is -0.381 e. The number of benzene rings is 1. The molecule has 1 aromatic carbocycles. The number of rotatable bonds is 7. The standard InChI is InChI=1S/C17H24N2O2/c1-2-10-19-17(13-18,15-6-4-3-5-7-15)14-21-16-8-11-20-12-9-16/h3-7,16,19H,2,8-12,14H2,1H3. The van der Waals surface area contributed by atoms with Gasteiger partial charge in [0.15, 0.2) is 5.54 Å². The second kappa shape index (κ2) is 8.14. The van der Waals surface area contributed by atoms with Crippen molar-refractivity contribution in [3.63, 3.8) is 0 Å². The van der Waals surface area contributed by atoms with E-state index >= 15 is 0 Å². The maximum Gasteiger partial charge on any atom is 0.155 e. The predicted octanol–water partition coefficient (Wildman–Crippen LogP) is 2.60. The average molecular weight is 288 g/mol. The molecule has 0 saturated carbocycles. The Labute approximate surface area is 127 Å². The van der Waals surface area contributed by atoms with Crippen molar-refractivity contribution in [3.05, 3.63) is 35.9 Å². The molecule has 1 saturated heterocycles. The monoisotopic (exact) mass is 288 g/mol. The summed E-state index contributed by atoms with van der Waals surface area (Å²) < 4.78 is 11.4. The van der Waals surface area contributed by atoms with Gasteiger partial charge in [-0.05, 0) is 31.4 Å². The van der Waals surface area contributed by atoms with Gasteiger partial charge in [0.05, 0.1) is 18.8 Å². The maximum absolute atomic E-state index is 9.77. The molecule has 1 heterocycles. The van der Waals surface area contributed by atoms with Crippen molar-refractivity contribution >= 4 is 0 Å². The predicted molar refractivity (Wildman–Crippen MR) is 81.8 cm³/mol. The minimum atomic E-state index is -0.768. The van der Waals surface area contributed by atoms with E-state index in [4.69, 9.17) is 9.47 Å². The summed E-state index contributed by atoms with van der Waals surface area (Å²) in [5.41, 5.74) is 0.197. The number of nitriles is 1. The van der Waals surface area contributed by atoms with Crippen molar-refractivity contribution in [2.24, 2.45) is 0 Å². The van der Waals surface area contributed by atoms with Crippen molar-refractivity contribution in [1.29, 1.82) is 5.26 Å². The fourth-order valence-corrected chi connectivity index (χ4v) is 2.52. The largest absolute Gasteiger partial charge is 0.381 e. The highest BCUT2D eigenvalue weighted by molar-refractivity contribution is 5.31. The van der Waals surface area contributed by atoms with Gasteiger partial charge in [-0.15, -0.1) is 0 Å². The summed E-state index contributed by atoms with van der Waals surface area (Å²) >= 11 is 0. The molecule has 1 atom stereocenters. The molecule has 0 bridgehead atoms. The molecule has 0 aromatic heterocycles. The highest BCUT2D eigenvalue weighted by atomic mass is 16.5. The smallest absolute Gasteiger partial charge is 0.155 e. The molecule has 2 rings (SSSR count). The zero-order valence-corrected chi connectivity index (χ0v) is 12.7. The van der Waals surface area contributed by atoms with E-state index in [1.54, 1.807) is 0 Å². The van der Waals surface area contributed by atoms with Crippen LogP contribution in [0.3, 0.4) is 0 Å². The first-order valence-electron chi connectivity index (χ1n) is 7.72. The second-order valence-corrected chi connectivity index (χ2v) is 5.43. The normalized spacial score (nSPS) is 18.9. The van der Waals surface area contributed by atoms with Gasteiger partial charge in [-0.1, -0.05) is 37.3 Å². The fourth-order valence-electron chi connectivity index (χ4n) is 2.52. The van der Waals surface area contributed by atoms with Gasteiger partial charge in [-0.2, -0.15) is 5.26 Å². The van der Waals surface area contributed by atoms with Gasteiger partial charge in [-0.25, -0.2) is 0 Å². The van der Waals surface area contributed by atoms with Crippen molar-refractivity contribution in [2.75, 3.05) is 26.4 Å². The Bertz CT molecular complexity index is 452. The minimum absolute atomic E-state index is 0.193. The van der Waals surface area contributed by atoms with Gasteiger partial charge in [0, 0.05) is 13.2 Å². The van der Waals surface area contributed by atoms with Crippen LogP contribution in [0.2, 0.25) is 0 Å². The first-order valence-corrected chi connectivity index (χ1v) is 7.72. The first kappa shape index (κ1) is 16.0. The lowest BCUT2D eigenvalue weighted by Gasteiger charge is -2.31. The molecule has 4 nitrogen and oxygen atoms in total. The summed E-state index contributed by atoms with van der Waals surface area (Å²) in [5.74, 6) is 0. The molecule has 1 aliphatic heterocycles. The molecular formula is C17H24N2O2. The van der Waals surface area contributed by atoms with Crippen LogP contribution in [0, 0.1) is 11.3 Å². The number of nitrogens with zero attached hydrogens (tertiary/aromatic N) is 1. The number of hydrogen-bond acceptors (Lipinski definition) is 4. The molecule has 1 fully saturated rings. The summed E-state index contributed by atoms with van der Waals surface area (Å²) in [4.78, 5) is 0. The molecule has 1 aromatic rings. The zero-order chi connectivity index (χ0) is 15.0. The SMILES string of the molecule is CCCNC(C#N)(COC1CCOCC1)c1ccccc1. The Balaban J connectivity index is 2.09. The molecule has 4 heteroatoms. The molecule has 1 aliphatic rings. The summed E-state index contributed by atoms with van der Waals surface area (Å²) in [6.07, 6.45) is 2.99. The summed E-state index contributed by atoms with van der Waals surface area (Å²) in [7, 11) is 0. The molecule has 0 aliphatic carbocycles. The van der Waals surface area contributed by atoms with E-state index in [1.165, 1.54) is 0 Å². The summed E-state index contributed by atoms with van der Waals surface area (Å²) in [6.45, 7) is 4.76. The van der Waals surface area contributed by atoms with E-state index in [2.05, 4.69) is 18.3 Å². The van der Waals surface area contributed by atoms with Crippen LogP contribution >= 0.6 is 0 Å². The lowest BCUT2D eigenvalue weighted by molar-refractivity contribution is -0.0457. The number of nitrogens with one attached hydrogen (secondary N) is 1. The van der Waals surface area contributed by atoms with E-state index in [0.29, 0.717) is 6.61 Å². The number of hydrogen-bond donors (Lipinski definition) is 1. The fraction of sp³-hybridized carbons (Fsp3) is 0.588. The second-order valence-electron chi connectivity index (χ2n) is 5.43. The summed E-state index contributed by atoms with van der Waals surface area (Å²) in [5, 5.41) is 13.1. The third-order valence-electron chi connectivity index (χ3n) is 3.84. The molecule has 114 valence electrons. The van der Waals surface area contributed by atoms with Gasteiger partial charge in [0.2, 0.25) is 0 Å². The van der Waals surface area contributed by atoms with Crippen LogP contribution in [0.25, 0.3) is 0 Å². The molecular weight excluding hydrogens is 264 g/mol. The Morgan fingerprint density at radius 2 is 2.05 bits per heavy atom. The van der Waals surface area contributed by atoms with Crippen LogP contribution in [0.5, 0.6) is 0 Å². The Kier molecular flexibility index (Phi) is 6.19. The molecule has 21 heavy (non-hydrogen) atoms. The van der Waals surface area contributed by atoms with Gasteiger partial charge in [-0.3, -0.25) is 5.32 Å². The van der Waals surface area contributed by atoms with Gasteiger partial charge in [0.1, 0.15) is 0 Å². The molecule has 0 amide bonds. The Morgan fingerprint density at radius 3 is 2.67 bits per heavy atom. The van der Waals surface area contributed by atoms with Gasteiger partial charge < -0.3 is 9.47 Å². The van der Waals surface area contributed by atoms with Crippen LogP contribution in [-0.4, -0.2) is 32.5 Å².